The Morgan fingerprint density at radius 3 is 2.81 bits per heavy atom. The van der Waals surface area contributed by atoms with E-state index in [0.29, 0.717) is 19.0 Å². The van der Waals surface area contributed by atoms with Gasteiger partial charge < -0.3 is 10.8 Å². The van der Waals surface area contributed by atoms with E-state index in [1.165, 1.54) is 0 Å². The number of hydrogen-bond donors (Lipinski definition) is 2. The fourth-order valence-corrected chi connectivity index (χ4v) is 1.02. The van der Waals surface area contributed by atoms with Crippen molar-refractivity contribution in [3.8, 4) is 17.6 Å². The van der Waals surface area contributed by atoms with E-state index < -0.39 is 22.2 Å². The molecule has 1 aromatic rings. The smallest absolute Gasteiger partial charge is 0.312 e. The van der Waals surface area contributed by atoms with Gasteiger partial charge >= 0.3 is 5.69 Å². The lowest BCUT2D eigenvalue weighted by Gasteiger charge is -1.98. The van der Waals surface area contributed by atoms with Crippen LogP contribution in [0.2, 0.25) is 0 Å². The zero-order valence-electron chi connectivity index (χ0n) is 8.24. The van der Waals surface area contributed by atoms with E-state index >= 15 is 0 Å². The van der Waals surface area contributed by atoms with Crippen molar-refractivity contribution >= 4 is 5.69 Å². The van der Waals surface area contributed by atoms with Gasteiger partial charge in [-0.1, -0.05) is 11.8 Å². The fraction of sp³-hybridized carbons (Fsp3) is 0.200. The van der Waals surface area contributed by atoms with Gasteiger partial charge in [0.15, 0.2) is 5.75 Å². The molecule has 0 radical (unpaired) electrons. The van der Waals surface area contributed by atoms with Crippen LogP contribution in [0.25, 0.3) is 0 Å². The Kier molecular flexibility index (Phi) is 3.80. The van der Waals surface area contributed by atoms with E-state index in [-0.39, 0.29) is 5.56 Å². The molecule has 0 aliphatic carbocycles. The molecule has 1 rings (SSSR count). The Balaban J connectivity index is 3.16. The Morgan fingerprint density at radius 1 is 1.56 bits per heavy atom. The van der Waals surface area contributed by atoms with Crippen molar-refractivity contribution in [2.75, 3.05) is 6.54 Å². The summed E-state index contributed by atoms with van der Waals surface area (Å²) in [5.41, 5.74) is 4.49. The normalized spacial score (nSPS) is 9.38. The molecule has 84 valence electrons. The summed E-state index contributed by atoms with van der Waals surface area (Å²) in [6.45, 7) is 0.328. The van der Waals surface area contributed by atoms with E-state index in [1.807, 2.05) is 0 Å². The average molecular weight is 224 g/mol. The molecule has 0 aromatic heterocycles. The summed E-state index contributed by atoms with van der Waals surface area (Å²) in [5, 5.41) is 19.6. The maximum Gasteiger partial charge on any atom is 0.312 e. The molecule has 6 heteroatoms. The molecule has 0 unspecified atom stereocenters. The van der Waals surface area contributed by atoms with Crippen molar-refractivity contribution in [2.45, 2.75) is 6.42 Å². The zero-order chi connectivity index (χ0) is 12.1. The molecule has 0 amide bonds. The molecule has 3 N–H and O–H groups in total. The van der Waals surface area contributed by atoms with Crippen molar-refractivity contribution < 1.29 is 14.4 Å². The number of benzene rings is 1. The maximum absolute atomic E-state index is 13.2. The van der Waals surface area contributed by atoms with Gasteiger partial charge in [0, 0.05) is 25.1 Å². The van der Waals surface area contributed by atoms with Crippen LogP contribution < -0.4 is 5.73 Å². The first-order chi connectivity index (χ1) is 7.56. The standard InChI is InChI=1S/C10H9FN2O3/c11-8-6-10(14)9(13(15)16)5-7(8)3-1-2-4-12/h5-6,14H,2,4,12H2. The number of halogens is 1. The van der Waals surface area contributed by atoms with Crippen LogP contribution in [0.15, 0.2) is 12.1 Å². The van der Waals surface area contributed by atoms with Crippen molar-refractivity contribution in [1.29, 1.82) is 0 Å². The predicted molar refractivity (Wildman–Crippen MR) is 55.3 cm³/mol. The second-order valence-electron chi connectivity index (χ2n) is 2.92. The van der Waals surface area contributed by atoms with E-state index in [1.54, 1.807) is 0 Å². The number of phenols is 1. The summed E-state index contributed by atoms with van der Waals surface area (Å²) in [6, 6.07) is 1.57. The molecular weight excluding hydrogens is 215 g/mol. The van der Waals surface area contributed by atoms with Crippen LogP contribution in [0.3, 0.4) is 0 Å². The molecule has 0 fully saturated rings. The van der Waals surface area contributed by atoms with E-state index in [2.05, 4.69) is 11.8 Å². The first-order valence-electron chi connectivity index (χ1n) is 4.42. The first-order valence-corrected chi connectivity index (χ1v) is 4.42. The van der Waals surface area contributed by atoms with Gasteiger partial charge in [-0.25, -0.2) is 4.39 Å². The highest BCUT2D eigenvalue weighted by Crippen LogP contribution is 2.28. The number of nitrogens with zero attached hydrogens (tertiary/aromatic N) is 1. The lowest BCUT2D eigenvalue weighted by atomic mass is 10.1. The summed E-state index contributed by atoms with van der Waals surface area (Å²) in [6.07, 6.45) is 0.369. The van der Waals surface area contributed by atoms with E-state index in [9.17, 15) is 14.5 Å². The molecule has 16 heavy (non-hydrogen) atoms. The Labute approximate surface area is 90.8 Å². The van der Waals surface area contributed by atoms with E-state index in [0.717, 1.165) is 6.07 Å². The van der Waals surface area contributed by atoms with Gasteiger partial charge in [0.05, 0.1) is 10.5 Å². The van der Waals surface area contributed by atoms with Gasteiger partial charge in [0.25, 0.3) is 0 Å². The Morgan fingerprint density at radius 2 is 2.25 bits per heavy atom. The van der Waals surface area contributed by atoms with Gasteiger partial charge in [-0.3, -0.25) is 10.1 Å². The molecule has 0 heterocycles. The second-order valence-corrected chi connectivity index (χ2v) is 2.92. The number of rotatable bonds is 2. The molecule has 0 aliphatic rings. The SMILES string of the molecule is NCCC#Cc1cc([N+](=O)[O-])c(O)cc1F. The number of hydrogen-bond acceptors (Lipinski definition) is 4. The fourth-order valence-electron chi connectivity index (χ4n) is 1.02. The zero-order valence-corrected chi connectivity index (χ0v) is 8.24. The highest BCUT2D eigenvalue weighted by atomic mass is 19.1. The van der Waals surface area contributed by atoms with Crippen molar-refractivity contribution in [2.24, 2.45) is 5.73 Å². The van der Waals surface area contributed by atoms with Crippen molar-refractivity contribution in [1.82, 2.24) is 0 Å². The van der Waals surface area contributed by atoms with Crippen molar-refractivity contribution in [3.05, 3.63) is 33.6 Å². The molecule has 0 saturated carbocycles. The third-order valence-electron chi connectivity index (χ3n) is 1.75. The highest BCUT2D eigenvalue weighted by Gasteiger charge is 2.16. The number of nitro benzene ring substituents is 1. The third-order valence-corrected chi connectivity index (χ3v) is 1.75. The minimum absolute atomic E-state index is 0.127. The van der Waals surface area contributed by atoms with Gasteiger partial charge in [-0.15, -0.1) is 0 Å². The topological polar surface area (TPSA) is 89.4 Å². The largest absolute Gasteiger partial charge is 0.502 e. The van der Waals surface area contributed by atoms with Crippen LogP contribution in [0.5, 0.6) is 5.75 Å². The average Bonchev–Trinajstić information content (AvgIpc) is 2.21. The third kappa shape index (κ3) is 2.68. The molecule has 0 spiro atoms. The summed E-state index contributed by atoms with van der Waals surface area (Å²) < 4.78 is 13.2. The maximum atomic E-state index is 13.2. The molecule has 0 aliphatic heterocycles. The van der Waals surface area contributed by atoms with Crippen LogP contribution >= 0.6 is 0 Å². The Bertz CT molecular complexity index is 477. The molecule has 5 nitrogen and oxygen atoms in total. The van der Waals surface area contributed by atoms with Crippen LogP contribution in [0.4, 0.5) is 10.1 Å². The summed E-state index contributed by atoms with van der Waals surface area (Å²) in [4.78, 5) is 9.67. The van der Waals surface area contributed by atoms with Crippen LogP contribution in [-0.2, 0) is 0 Å². The second kappa shape index (κ2) is 5.09. The molecular formula is C10H9FN2O3. The van der Waals surface area contributed by atoms with Gasteiger partial charge in [0.2, 0.25) is 0 Å². The molecule has 1 aromatic carbocycles. The summed E-state index contributed by atoms with van der Waals surface area (Å²) in [7, 11) is 0. The minimum Gasteiger partial charge on any atom is -0.502 e. The van der Waals surface area contributed by atoms with E-state index in [4.69, 9.17) is 10.8 Å². The number of nitrogens with two attached hydrogens (primary N) is 1. The molecule has 0 atom stereocenters. The van der Waals surface area contributed by atoms with Crippen LogP contribution in [0.1, 0.15) is 12.0 Å². The van der Waals surface area contributed by atoms with Crippen molar-refractivity contribution in [3.63, 3.8) is 0 Å². The number of aromatic hydroxyl groups is 1. The number of nitro groups is 1. The van der Waals surface area contributed by atoms with Crippen LogP contribution in [-0.4, -0.2) is 16.6 Å². The summed E-state index contributed by atoms with van der Waals surface area (Å²) >= 11 is 0. The Hall–Kier alpha value is -2.13. The van der Waals surface area contributed by atoms with Gasteiger partial charge in [0.1, 0.15) is 5.82 Å². The summed E-state index contributed by atoms with van der Waals surface area (Å²) in [5.74, 6) is 3.46. The minimum atomic E-state index is -0.803. The monoisotopic (exact) mass is 224 g/mol. The quantitative estimate of drug-likeness (QED) is 0.447. The molecule has 0 bridgehead atoms. The van der Waals surface area contributed by atoms with Crippen LogP contribution in [0, 0.1) is 27.8 Å². The van der Waals surface area contributed by atoms with Gasteiger partial charge in [-0.2, -0.15) is 0 Å². The lowest BCUT2D eigenvalue weighted by Crippen LogP contribution is -1.96. The van der Waals surface area contributed by atoms with Gasteiger partial charge in [-0.05, 0) is 0 Å². The predicted octanol–water partition coefficient (Wildman–Crippen LogP) is 1.14. The lowest BCUT2D eigenvalue weighted by molar-refractivity contribution is -0.385. The number of phenolic OH excluding ortho intramolecular Hbond substituents is 1. The molecule has 0 saturated heterocycles. The first kappa shape index (κ1) is 11.9. The highest BCUT2D eigenvalue weighted by molar-refractivity contribution is 5.52.